The van der Waals surface area contributed by atoms with E-state index in [9.17, 15) is 28.8 Å². The van der Waals surface area contributed by atoms with Gasteiger partial charge >= 0.3 is 0 Å². The number of hydrogen-bond donors (Lipinski definition) is 0. The zero-order chi connectivity index (χ0) is 54.5. The molecule has 69 heavy (non-hydrogen) atoms. The van der Waals surface area contributed by atoms with Crippen molar-refractivity contribution in [3.05, 3.63) is 60.8 Å². The van der Waals surface area contributed by atoms with Crippen LogP contribution in [0.4, 0.5) is 0 Å². The highest BCUT2D eigenvalue weighted by atomic mass is 16.2. The standard InChI is InChI=1S/2C13H17NO2.C7H9NO2.C7H9.3C4H10.4C2H6/c2*1-7(2)14-12(15)10-8-3-4-9(6-5-8)11(10)13(14)16;1-5(2)8-6(9)3-4-7(8)10;1-7-5-3-2-4-6-7;3*1-4(2)3;4*1-2/h2*3-4,7-11H,5-6H2,1-2H3;3-5H,1-2H3;3-5,7H,6H2,1H3;3*4H,1-3H3;4*1-2H3/q;;;+1;;;;;;;. The van der Waals surface area contributed by atoms with E-state index >= 15 is 0 Å². The van der Waals surface area contributed by atoms with Gasteiger partial charge in [0, 0.05) is 42.6 Å². The number of imide groups is 3. The molecule has 4 bridgehead atoms. The molecule has 10 aliphatic rings. The Labute approximate surface area is 425 Å². The molecular weight excluding hydrogens is 859 g/mol. The summed E-state index contributed by atoms with van der Waals surface area (Å²) in [5, 5.41) is 0. The Hall–Kier alpha value is -3.97. The second kappa shape index (κ2) is 36.9. The maximum Gasteiger partial charge on any atom is 0.253 e. The predicted octanol–water partition coefficient (Wildman–Crippen LogP) is 14.5. The zero-order valence-electron chi connectivity index (χ0n) is 48.7. The van der Waals surface area contributed by atoms with Crippen molar-refractivity contribution >= 4 is 35.4 Å². The molecule has 6 amide bonds. The van der Waals surface area contributed by atoms with Gasteiger partial charge in [-0.05, 0) is 116 Å². The van der Waals surface area contributed by atoms with E-state index in [-0.39, 0.29) is 77.2 Å². The van der Waals surface area contributed by atoms with Crippen LogP contribution in [-0.2, 0) is 28.8 Å². The first-order valence-corrected chi connectivity index (χ1v) is 27.3. The number of rotatable bonds is 3. The van der Waals surface area contributed by atoms with E-state index < -0.39 is 0 Å². The molecule has 0 radical (unpaired) electrons. The van der Waals surface area contributed by atoms with Crippen molar-refractivity contribution in [2.75, 3.05) is 0 Å². The molecule has 0 aromatic carbocycles. The second-order valence-electron chi connectivity index (χ2n) is 20.6. The first kappa shape index (κ1) is 69.3. The molecule has 9 heteroatoms. The van der Waals surface area contributed by atoms with Crippen LogP contribution in [0, 0.1) is 77.1 Å². The van der Waals surface area contributed by atoms with Gasteiger partial charge in [0.05, 0.1) is 41.9 Å². The number of fused-ring (bicyclic) bond motifs is 2. The van der Waals surface area contributed by atoms with Crippen LogP contribution in [0.1, 0.15) is 198 Å². The Morgan fingerprint density at radius 2 is 0.638 bits per heavy atom. The average Bonchev–Trinajstić information content (AvgIpc) is 3.92. The molecular formula is C60H106N3O6+. The first-order valence-electron chi connectivity index (χ1n) is 27.3. The molecule has 7 aliphatic carbocycles. The van der Waals surface area contributed by atoms with E-state index in [2.05, 4.69) is 112 Å². The van der Waals surface area contributed by atoms with Gasteiger partial charge in [0.25, 0.3) is 11.8 Å². The van der Waals surface area contributed by atoms with E-state index in [1.165, 1.54) is 26.9 Å². The Morgan fingerprint density at radius 1 is 0.406 bits per heavy atom. The summed E-state index contributed by atoms with van der Waals surface area (Å²) in [6.45, 7) is 49.0. The summed E-state index contributed by atoms with van der Waals surface area (Å²) in [7, 11) is 0. The third kappa shape index (κ3) is 22.3. The van der Waals surface area contributed by atoms with Crippen LogP contribution < -0.4 is 0 Å². The highest BCUT2D eigenvalue weighted by Gasteiger charge is 2.58. The molecule has 3 aliphatic heterocycles. The van der Waals surface area contributed by atoms with Gasteiger partial charge in [-0.3, -0.25) is 43.5 Å². The minimum Gasteiger partial charge on any atom is -0.280 e. The first-order chi connectivity index (χ1) is 32.4. The Kier molecular flexibility index (Phi) is 37.1. The smallest absolute Gasteiger partial charge is 0.253 e. The molecule has 2 saturated heterocycles. The molecule has 0 N–H and O–H groups in total. The lowest BCUT2D eigenvalue weighted by molar-refractivity contribution is -0.143. The Bertz CT molecular complexity index is 1470. The Morgan fingerprint density at radius 3 is 0.768 bits per heavy atom. The van der Waals surface area contributed by atoms with E-state index in [0.29, 0.717) is 23.7 Å². The lowest BCUT2D eigenvalue weighted by atomic mass is 9.63. The Balaban J connectivity index is -0.000000765. The molecule has 9 atom stereocenters. The number of likely N-dealkylation sites (tertiary alicyclic amines) is 2. The lowest BCUT2D eigenvalue weighted by Crippen LogP contribution is -2.38. The van der Waals surface area contributed by atoms with Gasteiger partial charge in [0.1, 0.15) is 0 Å². The van der Waals surface area contributed by atoms with Gasteiger partial charge in [-0.1, -0.05) is 142 Å². The summed E-state index contributed by atoms with van der Waals surface area (Å²) in [6, 6.07) is -0.0231. The van der Waals surface area contributed by atoms with Crippen LogP contribution in [0.5, 0.6) is 0 Å². The maximum atomic E-state index is 12.3. The average molecular weight is 966 g/mol. The summed E-state index contributed by atoms with van der Waals surface area (Å²) in [6.07, 6.45) is 25.9. The van der Waals surface area contributed by atoms with Crippen molar-refractivity contribution < 1.29 is 28.8 Å². The molecule has 9 unspecified atom stereocenters. The van der Waals surface area contributed by atoms with E-state index in [1.54, 1.807) is 0 Å². The van der Waals surface area contributed by atoms with Gasteiger partial charge in [-0.2, -0.15) is 0 Å². The van der Waals surface area contributed by atoms with E-state index in [1.807, 2.05) is 103 Å². The molecule has 396 valence electrons. The van der Waals surface area contributed by atoms with Crippen molar-refractivity contribution in [2.45, 2.75) is 216 Å². The quantitative estimate of drug-likeness (QED) is 0.158. The predicted molar refractivity (Wildman–Crippen MR) is 292 cm³/mol. The molecule has 0 aromatic rings. The third-order valence-corrected chi connectivity index (χ3v) is 11.1. The molecule has 9 nitrogen and oxygen atoms in total. The number of nitrogens with zero attached hydrogens (tertiary/aromatic N) is 3. The number of carbonyl (C=O) groups excluding carboxylic acids is 6. The monoisotopic (exact) mass is 965 g/mol. The minimum atomic E-state index is -0.208. The van der Waals surface area contributed by atoms with Crippen molar-refractivity contribution in [1.29, 1.82) is 0 Å². The molecule has 0 spiro atoms. The van der Waals surface area contributed by atoms with Crippen LogP contribution in [0.2, 0.25) is 0 Å². The summed E-state index contributed by atoms with van der Waals surface area (Å²) in [4.78, 5) is 74.9. The summed E-state index contributed by atoms with van der Waals surface area (Å²) in [5.41, 5.74) is 0. The molecule has 2 saturated carbocycles. The second-order valence-corrected chi connectivity index (χ2v) is 20.6. The third-order valence-electron chi connectivity index (χ3n) is 11.1. The van der Waals surface area contributed by atoms with Gasteiger partial charge in [-0.25, -0.2) is 0 Å². The van der Waals surface area contributed by atoms with Gasteiger partial charge in [0.2, 0.25) is 23.6 Å². The van der Waals surface area contributed by atoms with Crippen molar-refractivity contribution in [3.8, 4) is 0 Å². The molecule has 0 aromatic heterocycles. The van der Waals surface area contributed by atoms with Gasteiger partial charge in [-0.15, -0.1) is 0 Å². The highest BCUT2D eigenvalue weighted by Crippen LogP contribution is 2.51. The zero-order valence-corrected chi connectivity index (χ0v) is 48.7. The van der Waals surface area contributed by atoms with Crippen molar-refractivity contribution in [2.24, 2.45) is 71.0 Å². The number of allylic oxidation sites excluding steroid dienone is 8. The number of carbonyl (C=O) groups is 6. The fraction of sp³-hybridized carbons (Fsp3) is 0.733. The summed E-state index contributed by atoms with van der Waals surface area (Å²) < 4.78 is 0. The number of amides is 6. The SMILES string of the molecule is CC.CC.CC.CC.CC(C)C.CC(C)C.CC(C)C.CC(C)N1C(=O)C2C3C=CC(CC3)C2C1=O.CC(C)N1C(=O)C2C3C=CC(CC3)C2C1=O.CC(C)N1C(=O)C=CC1=O.CC1C=C[C+]=CC1. The fourth-order valence-corrected chi connectivity index (χ4v) is 8.75. The van der Waals surface area contributed by atoms with Gasteiger partial charge in [0.15, 0.2) is 6.08 Å². The normalized spacial score (nSPS) is 26.3. The maximum absolute atomic E-state index is 12.3. The van der Waals surface area contributed by atoms with E-state index in [0.717, 1.165) is 55.8 Å². The lowest BCUT2D eigenvalue weighted by Gasteiger charge is -2.38. The number of hydrogen-bond acceptors (Lipinski definition) is 6. The van der Waals surface area contributed by atoms with Crippen LogP contribution in [-0.4, -0.2) is 68.3 Å². The summed E-state index contributed by atoms with van der Waals surface area (Å²) >= 11 is 0. The van der Waals surface area contributed by atoms with Crippen LogP contribution in [0.25, 0.3) is 0 Å². The minimum absolute atomic E-state index is 0.00463. The van der Waals surface area contributed by atoms with Crippen molar-refractivity contribution in [1.82, 2.24) is 14.7 Å². The highest BCUT2D eigenvalue weighted by molar-refractivity contribution is 6.13. The fourth-order valence-electron chi connectivity index (χ4n) is 8.75. The molecule has 3 heterocycles. The van der Waals surface area contributed by atoms with Crippen LogP contribution in [0.3, 0.4) is 0 Å². The van der Waals surface area contributed by atoms with Crippen LogP contribution in [0.15, 0.2) is 54.7 Å². The largest absolute Gasteiger partial charge is 0.280 e. The molecule has 10 rings (SSSR count). The summed E-state index contributed by atoms with van der Waals surface area (Å²) in [5.74, 6) is 4.20. The molecule has 4 fully saturated rings. The van der Waals surface area contributed by atoms with Crippen LogP contribution >= 0.6 is 0 Å². The van der Waals surface area contributed by atoms with Crippen molar-refractivity contribution in [3.63, 3.8) is 0 Å². The van der Waals surface area contributed by atoms with E-state index in [4.69, 9.17) is 0 Å². The van der Waals surface area contributed by atoms with Gasteiger partial charge < -0.3 is 0 Å². The topological polar surface area (TPSA) is 112 Å².